The molecule has 0 bridgehead atoms. The molecule has 0 fully saturated rings. The maximum absolute atomic E-state index is 11.5. The maximum atomic E-state index is 11.5. The summed E-state index contributed by atoms with van der Waals surface area (Å²) in [4.78, 5) is 33.7. The SMILES string of the molecule is CC[C@@H](C)NC(=O)COC(=O)C1=NNC(=O)CC1. The number of amides is 2. The maximum Gasteiger partial charge on any atom is 0.355 e. The van der Waals surface area contributed by atoms with Gasteiger partial charge in [-0.25, -0.2) is 10.2 Å². The Balaban J connectivity index is 2.33. The Morgan fingerprint density at radius 3 is 2.78 bits per heavy atom. The van der Waals surface area contributed by atoms with E-state index in [4.69, 9.17) is 4.74 Å². The van der Waals surface area contributed by atoms with E-state index in [1.54, 1.807) is 0 Å². The van der Waals surface area contributed by atoms with Crippen LogP contribution in [0.4, 0.5) is 0 Å². The first-order chi connectivity index (χ1) is 8.52. The van der Waals surface area contributed by atoms with Crippen LogP contribution in [0.2, 0.25) is 0 Å². The first kappa shape index (κ1) is 14.1. The van der Waals surface area contributed by atoms with Crippen molar-refractivity contribution >= 4 is 23.5 Å². The van der Waals surface area contributed by atoms with Crippen molar-refractivity contribution in [1.82, 2.24) is 10.7 Å². The Kier molecular flexibility index (Phi) is 5.29. The molecule has 1 aliphatic heterocycles. The van der Waals surface area contributed by atoms with E-state index in [0.29, 0.717) is 0 Å². The molecule has 1 atom stereocenters. The van der Waals surface area contributed by atoms with Gasteiger partial charge >= 0.3 is 5.97 Å². The van der Waals surface area contributed by atoms with Gasteiger partial charge in [-0.05, 0) is 13.3 Å². The van der Waals surface area contributed by atoms with Crippen LogP contribution in [0.3, 0.4) is 0 Å². The molecule has 1 rings (SSSR count). The minimum Gasteiger partial charge on any atom is -0.451 e. The van der Waals surface area contributed by atoms with Crippen molar-refractivity contribution in [3.63, 3.8) is 0 Å². The van der Waals surface area contributed by atoms with Crippen LogP contribution < -0.4 is 10.7 Å². The van der Waals surface area contributed by atoms with Crippen molar-refractivity contribution < 1.29 is 19.1 Å². The number of nitrogens with one attached hydrogen (secondary N) is 2. The average Bonchev–Trinajstić information content (AvgIpc) is 2.36. The average molecular weight is 255 g/mol. The quantitative estimate of drug-likeness (QED) is 0.660. The Hall–Kier alpha value is -1.92. The van der Waals surface area contributed by atoms with Crippen LogP contribution >= 0.6 is 0 Å². The molecule has 0 aromatic carbocycles. The summed E-state index contributed by atoms with van der Waals surface area (Å²) in [7, 11) is 0. The Morgan fingerprint density at radius 1 is 1.50 bits per heavy atom. The molecule has 100 valence electrons. The second kappa shape index (κ2) is 6.73. The fraction of sp³-hybridized carbons (Fsp3) is 0.636. The molecule has 0 saturated carbocycles. The molecule has 2 amide bonds. The minimum absolute atomic E-state index is 0.0440. The Morgan fingerprint density at radius 2 is 2.22 bits per heavy atom. The molecule has 0 aliphatic carbocycles. The largest absolute Gasteiger partial charge is 0.451 e. The molecule has 0 aromatic rings. The van der Waals surface area contributed by atoms with Crippen LogP contribution in [0.1, 0.15) is 33.1 Å². The summed E-state index contributed by atoms with van der Waals surface area (Å²) in [6.07, 6.45) is 1.24. The van der Waals surface area contributed by atoms with Crippen molar-refractivity contribution in [3.05, 3.63) is 0 Å². The highest BCUT2D eigenvalue weighted by atomic mass is 16.5. The molecule has 18 heavy (non-hydrogen) atoms. The third-order valence-corrected chi connectivity index (χ3v) is 2.49. The monoisotopic (exact) mass is 255 g/mol. The number of hydrogen-bond donors (Lipinski definition) is 2. The molecular weight excluding hydrogens is 238 g/mol. The van der Waals surface area contributed by atoms with Crippen LogP contribution in [0.5, 0.6) is 0 Å². The summed E-state index contributed by atoms with van der Waals surface area (Å²) in [5.41, 5.74) is 2.32. The van der Waals surface area contributed by atoms with Crippen molar-refractivity contribution in [2.75, 3.05) is 6.61 Å². The number of hydrogen-bond acceptors (Lipinski definition) is 5. The second-order valence-corrected chi connectivity index (χ2v) is 4.05. The van der Waals surface area contributed by atoms with Gasteiger partial charge < -0.3 is 10.1 Å². The molecule has 1 aliphatic rings. The van der Waals surface area contributed by atoms with E-state index in [-0.39, 0.29) is 43.0 Å². The number of esters is 1. The first-order valence-corrected chi connectivity index (χ1v) is 5.84. The van der Waals surface area contributed by atoms with Gasteiger partial charge in [-0.1, -0.05) is 6.92 Å². The van der Waals surface area contributed by atoms with Gasteiger partial charge in [0, 0.05) is 18.9 Å². The number of nitrogens with zero attached hydrogens (tertiary/aromatic N) is 1. The van der Waals surface area contributed by atoms with E-state index in [2.05, 4.69) is 15.8 Å². The second-order valence-electron chi connectivity index (χ2n) is 4.05. The Labute approximate surface area is 105 Å². The predicted octanol–water partition coefficient (Wildman–Crippen LogP) is -0.290. The molecule has 7 heteroatoms. The van der Waals surface area contributed by atoms with Crippen LogP contribution in [0.25, 0.3) is 0 Å². The van der Waals surface area contributed by atoms with Gasteiger partial charge in [0.2, 0.25) is 5.91 Å². The van der Waals surface area contributed by atoms with Crippen molar-refractivity contribution in [1.29, 1.82) is 0 Å². The Bertz CT molecular complexity index is 378. The topological polar surface area (TPSA) is 96.9 Å². The zero-order valence-electron chi connectivity index (χ0n) is 10.5. The standard InChI is InChI=1S/C11H17N3O4/c1-3-7(2)12-10(16)6-18-11(17)8-4-5-9(15)14-13-8/h7H,3-6H2,1-2H3,(H,12,16)(H,14,15)/t7-/m1/s1. The molecule has 0 unspecified atom stereocenters. The van der Waals surface area contributed by atoms with E-state index in [1.165, 1.54) is 0 Å². The van der Waals surface area contributed by atoms with Crippen LogP contribution in [-0.2, 0) is 19.1 Å². The van der Waals surface area contributed by atoms with Crippen LogP contribution in [0.15, 0.2) is 5.10 Å². The first-order valence-electron chi connectivity index (χ1n) is 5.84. The lowest BCUT2D eigenvalue weighted by Gasteiger charge is -2.13. The lowest BCUT2D eigenvalue weighted by Crippen LogP contribution is -2.37. The van der Waals surface area contributed by atoms with Crippen LogP contribution in [0, 0.1) is 0 Å². The third-order valence-electron chi connectivity index (χ3n) is 2.49. The van der Waals surface area contributed by atoms with E-state index >= 15 is 0 Å². The number of carbonyl (C=O) groups is 3. The van der Waals surface area contributed by atoms with E-state index in [0.717, 1.165) is 6.42 Å². The molecule has 2 N–H and O–H groups in total. The highest BCUT2D eigenvalue weighted by Crippen LogP contribution is 2.01. The lowest BCUT2D eigenvalue weighted by molar-refractivity contribution is -0.142. The number of hydrazone groups is 1. The lowest BCUT2D eigenvalue weighted by atomic mass is 10.2. The zero-order chi connectivity index (χ0) is 13.5. The fourth-order valence-electron chi connectivity index (χ4n) is 1.25. The van der Waals surface area contributed by atoms with Gasteiger partial charge in [0.1, 0.15) is 5.71 Å². The molecule has 0 radical (unpaired) electrons. The summed E-state index contributed by atoms with van der Waals surface area (Å²) >= 11 is 0. The van der Waals surface area contributed by atoms with Gasteiger partial charge in [-0.3, -0.25) is 9.59 Å². The van der Waals surface area contributed by atoms with Gasteiger partial charge in [0.15, 0.2) is 6.61 Å². The number of ether oxygens (including phenoxy) is 1. The summed E-state index contributed by atoms with van der Waals surface area (Å²) in [5, 5.41) is 6.25. The van der Waals surface area contributed by atoms with E-state index in [1.807, 2.05) is 13.8 Å². The van der Waals surface area contributed by atoms with E-state index < -0.39 is 5.97 Å². The summed E-state index contributed by atoms with van der Waals surface area (Å²) in [6.45, 7) is 3.47. The predicted molar refractivity (Wildman–Crippen MR) is 63.7 cm³/mol. The molecule has 1 heterocycles. The van der Waals surface area contributed by atoms with Crippen molar-refractivity contribution in [3.8, 4) is 0 Å². The fourth-order valence-corrected chi connectivity index (χ4v) is 1.25. The summed E-state index contributed by atoms with van der Waals surface area (Å²) in [6, 6.07) is 0.0440. The molecule has 0 saturated heterocycles. The summed E-state index contributed by atoms with van der Waals surface area (Å²) in [5.74, 6) is -1.26. The smallest absolute Gasteiger partial charge is 0.355 e. The van der Waals surface area contributed by atoms with Crippen LogP contribution in [-0.4, -0.2) is 36.1 Å². The third kappa shape index (κ3) is 4.52. The van der Waals surface area contributed by atoms with Crippen molar-refractivity contribution in [2.24, 2.45) is 5.10 Å². The van der Waals surface area contributed by atoms with Gasteiger partial charge in [-0.2, -0.15) is 5.10 Å². The minimum atomic E-state index is -0.672. The van der Waals surface area contributed by atoms with E-state index in [9.17, 15) is 14.4 Å². The normalized spacial score (nSPS) is 16.3. The van der Waals surface area contributed by atoms with Gasteiger partial charge in [0.05, 0.1) is 0 Å². The van der Waals surface area contributed by atoms with Gasteiger partial charge in [-0.15, -0.1) is 0 Å². The molecule has 0 aromatic heterocycles. The molecule has 7 nitrogen and oxygen atoms in total. The molecule has 0 spiro atoms. The molecular formula is C11H17N3O4. The van der Waals surface area contributed by atoms with Crippen molar-refractivity contribution in [2.45, 2.75) is 39.2 Å². The number of rotatable bonds is 5. The zero-order valence-corrected chi connectivity index (χ0v) is 10.5. The van der Waals surface area contributed by atoms with Gasteiger partial charge in [0.25, 0.3) is 5.91 Å². The highest BCUT2D eigenvalue weighted by Gasteiger charge is 2.20. The number of carbonyl (C=O) groups excluding carboxylic acids is 3. The summed E-state index contributed by atoms with van der Waals surface area (Å²) < 4.78 is 4.79. The highest BCUT2D eigenvalue weighted by molar-refractivity contribution is 6.37.